The topological polar surface area (TPSA) is 73.6 Å². The van der Waals surface area contributed by atoms with Crippen LogP contribution in [0.2, 0.25) is 0 Å². The minimum Gasteiger partial charge on any atom is -0.623 e. The average molecular weight is 219 g/mol. The third kappa shape index (κ3) is 2.52. The summed E-state index contributed by atoms with van der Waals surface area (Å²) >= 11 is 0. The highest BCUT2D eigenvalue weighted by Gasteiger charge is 2.35. The molecule has 86 valence electrons. The van der Waals surface area contributed by atoms with E-state index < -0.39 is 5.41 Å². The molecule has 4 heteroatoms. The summed E-state index contributed by atoms with van der Waals surface area (Å²) in [7, 11) is 0. The molecular formula is C12H17N3O. The Bertz CT molecular complexity index is 365. The Morgan fingerprint density at radius 2 is 1.81 bits per heavy atom. The molecule has 0 aliphatic heterocycles. The van der Waals surface area contributed by atoms with Crippen LogP contribution >= 0.6 is 0 Å². The molecule has 1 fully saturated rings. The molecule has 1 saturated carbocycles. The second-order valence-electron chi connectivity index (χ2n) is 4.81. The van der Waals surface area contributed by atoms with Gasteiger partial charge in [0, 0.05) is 12.8 Å². The van der Waals surface area contributed by atoms with E-state index in [0.717, 1.165) is 36.8 Å². The van der Waals surface area contributed by atoms with Crippen molar-refractivity contribution in [1.82, 2.24) is 0 Å². The molecule has 0 amide bonds. The van der Waals surface area contributed by atoms with Crippen LogP contribution in [0.5, 0.6) is 0 Å². The van der Waals surface area contributed by atoms with Gasteiger partial charge in [-0.1, -0.05) is 6.42 Å². The fraction of sp³-hybridized carbons (Fsp3) is 0.750. The molecule has 0 aromatic heterocycles. The first-order valence-electron chi connectivity index (χ1n) is 5.68. The van der Waals surface area contributed by atoms with Crippen LogP contribution in [0.4, 0.5) is 0 Å². The molecule has 0 atom stereocenters. The van der Waals surface area contributed by atoms with Crippen LogP contribution in [0, 0.1) is 33.3 Å². The molecule has 1 aliphatic carbocycles. The van der Waals surface area contributed by atoms with E-state index in [1.165, 1.54) is 0 Å². The van der Waals surface area contributed by atoms with Crippen molar-refractivity contribution in [3.8, 4) is 12.1 Å². The van der Waals surface area contributed by atoms with Crippen molar-refractivity contribution in [3.05, 3.63) is 5.21 Å². The third-order valence-electron chi connectivity index (χ3n) is 3.10. The maximum atomic E-state index is 12.0. The van der Waals surface area contributed by atoms with Gasteiger partial charge in [-0.15, -0.1) is 0 Å². The van der Waals surface area contributed by atoms with Crippen molar-refractivity contribution >= 4 is 5.71 Å². The van der Waals surface area contributed by atoms with Crippen LogP contribution in [0.3, 0.4) is 0 Å². The molecule has 0 N–H and O–H groups in total. The number of hydrogen-bond acceptors (Lipinski definition) is 3. The van der Waals surface area contributed by atoms with Gasteiger partial charge in [-0.2, -0.15) is 15.3 Å². The van der Waals surface area contributed by atoms with Gasteiger partial charge < -0.3 is 5.21 Å². The minimum atomic E-state index is -0.992. The van der Waals surface area contributed by atoms with Crippen molar-refractivity contribution in [3.63, 3.8) is 0 Å². The lowest BCUT2D eigenvalue weighted by Gasteiger charge is -2.24. The predicted molar refractivity (Wildman–Crippen MR) is 60.5 cm³/mol. The number of rotatable bonds is 2. The minimum absolute atomic E-state index is 0.0434. The lowest BCUT2D eigenvalue weighted by atomic mass is 9.88. The summed E-state index contributed by atoms with van der Waals surface area (Å²) in [5.74, 6) is 0. The number of hydrogen-bond donors (Lipinski definition) is 0. The van der Waals surface area contributed by atoms with Crippen LogP contribution in [-0.4, -0.2) is 16.5 Å². The number of nitrogens with zero attached hydrogens (tertiary/aromatic N) is 3. The van der Waals surface area contributed by atoms with Crippen molar-refractivity contribution in [2.24, 2.45) is 5.41 Å². The fourth-order valence-corrected chi connectivity index (χ4v) is 2.02. The normalized spacial score (nSPS) is 19.5. The van der Waals surface area contributed by atoms with Crippen LogP contribution in [0.25, 0.3) is 0 Å². The number of nitriles is 2. The summed E-state index contributed by atoms with van der Waals surface area (Å²) in [6.45, 7) is 3.22. The van der Waals surface area contributed by atoms with Crippen molar-refractivity contribution < 1.29 is 4.74 Å². The van der Waals surface area contributed by atoms with Gasteiger partial charge in [0.25, 0.3) is 5.71 Å². The smallest absolute Gasteiger partial charge is 0.285 e. The average Bonchev–Trinajstić information content (AvgIpc) is 2.30. The summed E-state index contributed by atoms with van der Waals surface area (Å²) in [5.41, 5.74) is -0.949. The Balaban J connectivity index is 3.00. The monoisotopic (exact) mass is 219 g/mol. The zero-order valence-electron chi connectivity index (χ0n) is 9.86. The van der Waals surface area contributed by atoms with Crippen LogP contribution in [-0.2, 0) is 0 Å². The highest BCUT2D eigenvalue weighted by molar-refractivity contribution is 6.00. The van der Waals surface area contributed by atoms with Crippen LogP contribution < -0.4 is 0 Å². The van der Waals surface area contributed by atoms with Gasteiger partial charge in [0.05, 0.1) is 6.07 Å². The molecule has 0 bridgehead atoms. The largest absolute Gasteiger partial charge is 0.623 e. The quantitative estimate of drug-likeness (QED) is 0.309. The SMILES string of the molecule is CC(C)(C#N)/C(C#N)=[N+](\[O-])C1CCCCC1. The van der Waals surface area contributed by atoms with Crippen molar-refractivity contribution in [2.45, 2.75) is 52.0 Å². The van der Waals surface area contributed by atoms with Crippen molar-refractivity contribution in [2.75, 3.05) is 0 Å². The molecule has 0 unspecified atom stereocenters. The molecule has 0 heterocycles. The summed E-state index contributed by atoms with van der Waals surface area (Å²) in [6.07, 6.45) is 4.89. The van der Waals surface area contributed by atoms with E-state index in [2.05, 4.69) is 0 Å². The van der Waals surface area contributed by atoms with E-state index in [9.17, 15) is 5.21 Å². The molecule has 0 saturated heterocycles. The van der Waals surface area contributed by atoms with E-state index in [-0.39, 0.29) is 11.8 Å². The first kappa shape index (κ1) is 12.5. The number of hydroxylamine groups is 1. The fourth-order valence-electron chi connectivity index (χ4n) is 2.02. The molecular weight excluding hydrogens is 202 g/mol. The van der Waals surface area contributed by atoms with Gasteiger partial charge in [0.2, 0.25) is 0 Å². The molecule has 1 rings (SSSR count). The molecule has 1 aliphatic rings. The molecule has 0 aromatic rings. The Morgan fingerprint density at radius 3 is 2.25 bits per heavy atom. The van der Waals surface area contributed by atoms with E-state index in [4.69, 9.17) is 10.5 Å². The lowest BCUT2D eigenvalue weighted by Crippen LogP contribution is -2.35. The summed E-state index contributed by atoms with van der Waals surface area (Å²) in [5, 5.41) is 30.0. The lowest BCUT2D eigenvalue weighted by molar-refractivity contribution is -0.507. The van der Waals surface area contributed by atoms with Gasteiger partial charge in [-0.05, 0) is 26.7 Å². The first-order chi connectivity index (χ1) is 7.53. The van der Waals surface area contributed by atoms with E-state index in [1.54, 1.807) is 13.8 Å². The zero-order chi connectivity index (χ0) is 12.2. The maximum Gasteiger partial charge on any atom is 0.285 e. The van der Waals surface area contributed by atoms with Crippen LogP contribution in [0.15, 0.2) is 0 Å². The van der Waals surface area contributed by atoms with Gasteiger partial charge in [-0.25, -0.2) is 0 Å². The second kappa shape index (κ2) is 4.99. The Labute approximate surface area is 96.4 Å². The van der Waals surface area contributed by atoms with E-state index in [1.807, 2.05) is 12.1 Å². The summed E-state index contributed by atoms with van der Waals surface area (Å²) < 4.78 is 0.780. The Morgan fingerprint density at radius 1 is 1.25 bits per heavy atom. The molecule has 0 radical (unpaired) electrons. The summed E-state index contributed by atoms with van der Waals surface area (Å²) in [6, 6.07) is 3.79. The van der Waals surface area contributed by atoms with Gasteiger partial charge in [0.1, 0.15) is 5.41 Å². The second-order valence-corrected chi connectivity index (χ2v) is 4.81. The van der Waals surface area contributed by atoms with E-state index >= 15 is 0 Å². The Hall–Kier alpha value is -1.55. The highest BCUT2D eigenvalue weighted by Crippen LogP contribution is 2.23. The van der Waals surface area contributed by atoms with Gasteiger partial charge in [-0.3, -0.25) is 0 Å². The molecule has 4 nitrogen and oxygen atoms in total. The van der Waals surface area contributed by atoms with Crippen molar-refractivity contribution in [1.29, 1.82) is 10.5 Å². The molecule has 0 spiro atoms. The van der Waals surface area contributed by atoms with E-state index in [0.29, 0.717) is 0 Å². The third-order valence-corrected chi connectivity index (χ3v) is 3.10. The van der Waals surface area contributed by atoms with Gasteiger partial charge in [0.15, 0.2) is 12.1 Å². The molecule has 0 aromatic carbocycles. The highest BCUT2D eigenvalue weighted by atomic mass is 16.5. The predicted octanol–water partition coefficient (Wildman–Crippen LogP) is 2.34. The first-order valence-corrected chi connectivity index (χ1v) is 5.68. The maximum absolute atomic E-state index is 12.0. The van der Waals surface area contributed by atoms with Gasteiger partial charge >= 0.3 is 0 Å². The van der Waals surface area contributed by atoms with Crippen LogP contribution in [0.1, 0.15) is 46.0 Å². The zero-order valence-corrected chi connectivity index (χ0v) is 9.86. The Kier molecular flexibility index (Phi) is 3.90. The standard InChI is InChI=1S/C12H17N3O/c1-12(2,9-14)11(8-13)15(16)10-6-4-3-5-7-10/h10H,3-7H2,1-2H3/b15-11-. The summed E-state index contributed by atoms with van der Waals surface area (Å²) in [4.78, 5) is 0. The molecule has 16 heavy (non-hydrogen) atoms.